The van der Waals surface area contributed by atoms with Gasteiger partial charge >= 0.3 is 0 Å². The van der Waals surface area contributed by atoms with Crippen molar-refractivity contribution in [1.82, 2.24) is 4.98 Å². The molecule has 1 aromatic heterocycles. The van der Waals surface area contributed by atoms with Crippen molar-refractivity contribution in [2.45, 2.75) is 12.8 Å². The second-order valence-electron chi connectivity index (χ2n) is 6.15. The normalized spacial score (nSPS) is 13.4. The number of aromatic amines is 1. The van der Waals surface area contributed by atoms with Crippen LogP contribution in [0.15, 0.2) is 71.7 Å². The van der Waals surface area contributed by atoms with Gasteiger partial charge in [0.1, 0.15) is 5.56 Å². The Balaban J connectivity index is 1.84. The molecule has 2 heterocycles. The molecule has 0 radical (unpaired) electrons. The standard InChI is InChI=1S/C21H18N2O2/c24-20-19(17(12-13-22-20)15-7-2-1-3-8-15)21(25)23-14-6-10-16-9-4-5-11-18(16)23/h1-5,7-9,11-13H,6,10,14H2,(H,22,24). The van der Waals surface area contributed by atoms with Crippen molar-refractivity contribution >= 4 is 11.6 Å². The van der Waals surface area contributed by atoms with Gasteiger partial charge in [-0.3, -0.25) is 9.59 Å². The molecule has 0 spiro atoms. The Morgan fingerprint density at radius 1 is 0.960 bits per heavy atom. The molecule has 2 aromatic carbocycles. The number of aryl methyl sites for hydroxylation is 1. The molecule has 0 bridgehead atoms. The minimum Gasteiger partial charge on any atom is -0.328 e. The number of hydrogen-bond acceptors (Lipinski definition) is 2. The largest absolute Gasteiger partial charge is 0.328 e. The molecule has 0 saturated heterocycles. The second-order valence-corrected chi connectivity index (χ2v) is 6.15. The summed E-state index contributed by atoms with van der Waals surface area (Å²) < 4.78 is 0. The van der Waals surface area contributed by atoms with E-state index < -0.39 is 0 Å². The summed E-state index contributed by atoms with van der Waals surface area (Å²) in [7, 11) is 0. The van der Waals surface area contributed by atoms with Crippen LogP contribution in [0.2, 0.25) is 0 Å². The molecule has 1 amide bonds. The van der Waals surface area contributed by atoms with Gasteiger partial charge in [-0.2, -0.15) is 0 Å². The molecule has 0 aliphatic carbocycles. The average molecular weight is 330 g/mol. The van der Waals surface area contributed by atoms with Gasteiger partial charge in [-0.05, 0) is 36.1 Å². The maximum Gasteiger partial charge on any atom is 0.264 e. The van der Waals surface area contributed by atoms with Crippen molar-refractivity contribution in [1.29, 1.82) is 0 Å². The van der Waals surface area contributed by atoms with Crippen LogP contribution in [0.5, 0.6) is 0 Å². The lowest BCUT2D eigenvalue weighted by Gasteiger charge is -2.29. The maximum atomic E-state index is 13.3. The summed E-state index contributed by atoms with van der Waals surface area (Å²) in [6.07, 6.45) is 3.44. The predicted molar refractivity (Wildman–Crippen MR) is 98.9 cm³/mol. The molecule has 1 aliphatic heterocycles. The Morgan fingerprint density at radius 2 is 1.72 bits per heavy atom. The van der Waals surface area contributed by atoms with Crippen molar-refractivity contribution in [3.63, 3.8) is 0 Å². The molecule has 0 unspecified atom stereocenters. The summed E-state index contributed by atoms with van der Waals surface area (Å²) in [6, 6.07) is 19.2. The molecule has 4 heteroatoms. The number of carbonyl (C=O) groups is 1. The lowest BCUT2D eigenvalue weighted by atomic mass is 9.98. The zero-order valence-corrected chi connectivity index (χ0v) is 13.7. The van der Waals surface area contributed by atoms with Gasteiger partial charge in [-0.25, -0.2) is 0 Å². The number of rotatable bonds is 2. The first-order valence-corrected chi connectivity index (χ1v) is 8.42. The third-order valence-electron chi connectivity index (χ3n) is 4.61. The first-order chi connectivity index (χ1) is 12.3. The molecule has 1 N–H and O–H groups in total. The van der Waals surface area contributed by atoms with E-state index in [0.29, 0.717) is 12.1 Å². The molecule has 4 nitrogen and oxygen atoms in total. The van der Waals surface area contributed by atoms with E-state index in [-0.39, 0.29) is 17.0 Å². The van der Waals surface area contributed by atoms with Crippen molar-refractivity contribution in [3.05, 3.63) is 88.3 Å². The smallest absolute Gasteiger partial charge is 0.264 e. The molecule has 3 aromatic rings. The van der Waals surface area contributed by atoms with Crippen LogP contribution in [0.1, 0.15) is 22.3 Å². The minimum absolute atomic E-state index is 0.199. The van der Waals surface area contributed by atoms with Gasteiger partial charge in [0.25, 0.3) is 11.5 Å². The molecule has 0 atom stereocenters. The number of amides is 1. The lowest BCUT2D eigenvalue weighted by Crippen LogP contribution is -2.38. The van der Waals surface area contributed by atoms with Gasteiger partial charge in [0, 0.05) is 24.0 Å². The molecule has 4 rings (SSSR count). The average Bonchev–Trinajstić information content (AvgIpc) is 2.67. The van der Waals surface area contributed by atoms with Crippen molar-refractivity contribution in [2.75, 3.05) is 11.4 Å². The molecular formula is C21H18N2O2. The molecule has 1 aliphatic rings. The molecular weight excluding hydrogens is 312 g/mol. The van der Waals surface area contributed by atoms with E-state index in [1.165, 1.54) is 0 Å². The summed E-state index contributed by atoms with van der Waals surface area (Å²) >= 11 is 0. The topological polar surface area (TPSA) is 53.2 Å². The fourth-order valence-corrected chi connectivity index (χ4v) is 3.43. The van der Waals surface area contributed by atoms with E-state index in [1.807, 2.05) is 54.6 Å². The van der Waals surface area contributed by atoms with E-state index >= 15 is 0 Å². The Morgan fingerprint density at radius 3 is 2.56 bits per heavy atom. The van der Waals surface area contributed by atoms with Gasteiger partial charge in [0.2, 0.25) is 0 Å². The summed E-state index contributed by atoms with van der Waals surface area (Å²) in [5, 5.41) is 0. The van der Waals surface area contributed by atoms with Crippen molar-refractivity contribution in [2.24, 2.45) is 0 Å². The molecule has 0 fully saturated rings. The van der Waals surface area contributed by atoms with E-state index in [9.17, 15) is 9.59 Å². The SMILES string of the molecule is O=C(c1c(-c2ccccc2)cc[nH]c1=O)N1CCCc2ccccc21. The summed E-state index contributed by atoms with van der Waals surface area (Å²) in [6.45, 7) is 0.623. The Hall–Kier alpha value is -3.14. The number of nitrogens with one attached hydrogen (secondary N) is 1. The number of anilines is 1. The van der Waals surface area contributed by atoms with Crippen LogP contribution in [0.25, 0.3) is 11.1 Å². The number of fused-ring (bicyclic) bond motifs is 1. The second kappa shape index (κ2) is 6.40. The quantitative estimate of drug-likeness (QED) is 0.780. The lowest BCUT2D eigenvalue weighted by molar-refractivity contribution is 0.0984. The Bertz CT molecular complexity index is 976. The van der Waals surface area contributed by atoms with Crippen molar-refractivity contribution < 1.29 is 4.79 Å². The Kier molecular flexibility index (Phi) is 3.94. The van der Waals surface area contributed by atoms with Gasteiger partial charge < -0.3 is 9.88 Å². The first-order valence-electron chi connectivity index (χ1n) is 8.42. The number of aromatic nitrogens is 1. The van der Waals surface area contributed by atoms with Crippen molar-refractivity contribution in [3.8, 4) is 11.1 Å². The highest BCUT2D eigenvalue weighted by molar-refractivity contribution is 6.10. The fraction of sp³-hybridized carbons (Fsp3) is 0.143. The fourth-order valence-electron chi connectivity index (χ4n) is 3.43. The minimum atomic E-state index is -0.352. The maximum absolute atomic E-state index is 13.3. The van der Waals surface area contributed by atoms with Gasteiger partial charge in [-0.1, -0.05) is 48.5 Å². The highest BCUT2D eigenvalue weighted by Crippen LogP contribution is 2.29. The molecule has 124 valence electrons. The summed E-state index contributed by atoms with van der Waals surface area (Å²) in [4.78, 5) is 30.2. The summed E-state index contributed by atoms with van der Waals surface area (Å²) in [5.74, 6) is -0.243. The summed E-state index contributed by atoms with van der Waals surface area (Å²) in [5.41, 5.74) is 3.43. The highest BCUT2D eigenvalue weighted by atomic mass is 16.2. The van der Waals surface area contributed by atoms with E-state index in [0.717, 1.165) is 29.7 Å². The van der Waals surface area contributed by atoms with E-state index in [4.69, 9.17) is 0 Å². The van der Waals surface area contributed by atoms with Gasteiger partial charge in [-0.15, -0.1) is 0 Å². The Labute approximate surface area is 145 Å². The third-order valence-corrected chi connectivity index (χ3v) is 4.61. The monoisotopic (exact) mass is 330 g/mol. The first kappa shape index (κ1) is 15.4. The van der Waals surface area contributed by atoms with Crippen LogP contribution in [-0.4, -0.2) is 17.4 Å². The van der Waals surface area contributed by atoms with Crippen LogP contribution >= 0.6 is 0 Å². The molecule has 0 saturated carbocycles. The van der Waals surface area contributed by atoms with Crippen LogP contribution in [0.3, 0.4) is 0 Å². The number of carbonyl (C=O) groups excluding carboxylic acids is 1. The third kappa shape index (κ3) is 2.76. The zero-order valence-electron chi connectivity index (χ0n) is 13.7. The number of benzene rings is 2. The van der Waals surface area contributed by atoms with Crippen LogP contribution < -0.4 is 10.5 Å². The van der Waals surface area contributed by atoms with E-state index in [2.05, 4.69) is 4.98 Å². The van der Waals surface area contributed by atoms with Crippen LogP contribution in [-0.2, 0) is 6.42 Å². The number of H-pyrrole nitrogens is 1. The van der Waals surface area contributed by atoms with Gasteiger partial charge in [0.15, 0.2) is 0 Å². The van der Waals surface area contributed by atoms with Gasteiger partial charge in [0.05, 0.1) is 0 Å². The molecule has 25 heavy (non-hydrogen) atoms. The van der Waals surface area contributed by atoms with Crippen LogP contribution in [0, 0.1) is 0 Å². The predicted octanol–water partition coefficient (Wildman–Crippen LogP) is 3.63. The number of para-hydroxylation sites is 1. The number of pyridine rings is 1. The van der Waals surface area contributed by atoms with E-state index in [1.54, 1.807) is 17.2 Å². The number of nitrogens with zero attached hydrogens (tertiary/aromatic N) is 1. The number of hydrogen-bond donors (Lipinski definition) is 1. The highest BCUT2D eigenvalue weighted by Gasteiger charge is 2.27. The van der Waals surface area contributed by atoms with Crippen LogP contribution in [0.4, 0.5) is 5.69 Å². The zero-order chi connectivity index (χ0) is 17.2.